The van der Waals surface area contributed by atoms with Crippen LogP contribution in [-0.2, 0) is 0 Å². The molecule has 0 amide bonds. The fourth-order valence-corrected chi connectivity index (χ4v) is 2.33. The second-order valence-electron chi connectivity index (χ2n) is 4.51. The number of nitrogens with zero attached hydrogens (tertiary/aromatic N) is 4. The number of aromatic nitrogens is 4. The number of fused-ring (bicyclic) bond motifs is 1. The molecule has 3 heterocycles. The Morgan fingerprint density at radius 1 is 1.56 bits per heavy atom. The number of nitrogens with one attached hydrogen (secondary N) is 2. The van der Waals surface area contributed by atoms with Crippen LogP contribution in [0.2, 0.25) is 0 Å². The topological polar surface area (TPSA) is 90.0 Å². The molecule has 18 heavy (non-hydrogen) atoms. The third-order valence-electron chi connectivity index (χ3n) is 3.33. The Balaban J connectivity index is 2.02. The molecule has 0 aromatic carbocycles. The monoisotopic (exact) mass is 248 g/mol. The van der Waals surface area contributed by atoms with Gasteiger partial charge in [-0.05, 0) is 6.42 Å². The Kier molecular flexibility index (Phi) is 2.75. The molecular formula is C11H16N6O. The van der Waals surface area contributed by atoms with Gasteiger partial charge in [0.05, 0.1) is 6.33 Å². The van der Waals surface area contributed by atoms with Gasteiger partial charge in [0.2, 0.25) is 5.95 Å². The van der Waals surface area contributed by atoms with Crippen LogP contribution in [-0.4, -0.2) is 51.8 Å². The second-order valence-corrected chi connectivity index (χ2v) is 4.51. The van der Waals surface area contributed by atoms with Crippen LogP contribution in [0.25, 0.3) is 11.2 Å². The van der Waals surface area contributed by atoms with Crippen molar-refractivity contribution >= 4 is 22.9 Å². The highest BCUT2D eigenvalue weighted by Crippen LogP contribution is 2.27. The molecule has 1 unspecified atom stereocenters. The summed E-state index contributed by atoms with van der Waals surface area (Å²) in [6, 6.07) is 0. The second kappa shape index (κ2) is 4.41. The lowest BCUT2D eigenvalue weighted by Gasteiger charge is -2.18. The zero-order chi connectivity index (χ0) is 12.5. The van der Waals surface area contributed by atoms with E-state index in [1.54, 1.807) is 13.4 Å². The van der Waals surface area contributed by atoms with E-state index in [0.717, 1.165) is 30.8 Å². The number of aliphatic hydroxyl groups is 1. The predicted molar refractivity (Wildman–Crippen MR) is 68.6 cm³/mol. The highest BCUT2D eigenvalue weighted by molar-refractivity contribution is 5.84. The number of rotatable bonds is 3. The van der Waals surface area contributed by atoms with Gasteiger partial charge in [0.25, 0.3) is 0 Å². The van der Waals surface area contributed by atoms with Gasteiger partial charge in [-0.1, -0.05) is 0 Å². The molecule has 96 valence electrons. The fraction of sp³-hybridized carbons (Fsp3) is 0.545. The maximum Gasteiger partial charge on any atom is 0.226 e. The first-order valence-electron chi connectivity index (χ1n) is 6.06. The van der Waals surface area contributed by atoms with E-state index in [4.69, 9.17) is 0 Å². The van der Waals surface area contributed by atoms with Crippen molar-refractivity contribution in [2.24, 2.45) is 5.92 Å². The quantitative estimate of drug-likeness (QED) is 0.719. The van der Waals surface area contributed by atoms with Crippen molar-refractivity contribution in [3.63, 3.8) is 0 Å². The smallest absolute Gasteiger partial charge is 0.226 e. The number of H-pyrrole nitrogens is 1. The number of hydrogen-bond acceptors (Lipinski definition) is 6. The van der Waals surface area contributed by atoms with Crippen LogP contribution < -0.4 is 10.2 Å². The zero-order valence-electron chi connectivity index (χ0n) is 10.2. The van der Waals surface area contributed by atoms with E-state index < -0.39 is 0 Å². The molecule has 7 heteroatoms. The molecule has 1 saturated heterocycles. The minimum Gasteiger partial charge on any atom is -0.396 e. The summed E-state index contributed by atoms with van der Waals surface area (Å²) in [5, 5.41) is 12.2. The average Bonchev–Trinajstić information content (AvgIpc) is 3.05. The van der Waals surface area contributed by atoms with Gasteiger partial charge >= 0.3 is 0 Å². The van der Waals surface area contributed by atoms with E-state index in [2.05, 4.69) is 30.2 Å². The first kappa shape index (κ1) is 11.2. The third kappa shape index (κ3) is 1.76. The van der Waals surface area contributed by atoms with Gasteiger partial charge in [-0.15, -0.1) is 0 Å². The van der Waals surface area contributed by atoms with Gasteiger partial charge < -0.3 is 20.3 Å². The standard InChI is InChI=1S/C11H16N6O/c1-12-11-15-9-8(13-6-14-9)10(16-11)17-3-2-7(4-17)5-18/h6-7,18H,2-5H2,1H3,(H2,12,13,14,15,16). The van der Waals surface area contributed by atoms with Gasteiger partial charge in [-0.25, -0.2) is 4.98 Å². The molecule has 1 fully saturated rings. The maximum atomic E-state index is 9.21. The van der Waals surface area contributed by atoms with Crippen LogP contribution in [0.5, 0.6) is 0 Å². The molecule has 2 aromatic heterocycles. The number of imidazole rings is 1. The highest BCUT2D eigenvalue weighted by atomic mass is 16.3. The lowest BCUT2D eigenvalue weighted by molar-refractivity contribution is 0.238. The normalized spacial score (nSPS) is 19.7. The molecule has 3 rings (SSSR count). The number of anilines is 2. The summed E-state index contributed by atoms with van der Waals surface area (Å²) >= 11 is 0. The van der Waals surface area contributed by atoms with E-state index >= 15 is 0 Å². The van der Waals surface area contributed by atoms with Gasteiger partial charge in [0.15, 0.2) is 11.5 Å². The molecule has 1 atom stereocenters. The van der Waals surface area contributed by atoms with E-state index in [1.807, 2.05) is 0 Å². The summed E-state index contributed by atoms with van der Waals surface area (Å²) in [5.41, 5.74) is 1.52. The average molecular weight is 248 g/mol. The number of hydrogen-bond donors (Lipinski definition) is 3. The van der Waals surface area contributed by atoms with Crippen molar-refractivity contribution in [2.45, 2.75) is 6.42 Å². The van der Waals surface area contributed by atoms with Crippen molar-refractivity contribution in [2.75, 3.05) is 37.0 Å². The maximum absolute atomic E-state index is 9.21. The summed E-state index contributed by atoms with van der Waals surface area (Å²) in [6.45, 7) is 1.96. The van der Waals surface area contributed by atoms with Crippen LogP contribution in [0, 0.1) is 5.92 Å². The molecule has 0 saturated carbocycles. The Bertz CT molecular complexity index is 553. The Morgan fingerprint density at radius 2 is 2.44 bits per heavy atom. The Hall–Kier alpha value is -1.89. The van der Waals surface area contributed by atoms with Crippen molar-refractivity contribution in [1.82, 2.24) is 19.9 Å². The summed E-state index contributed by atoms with van der Waals surface area (Å²) < 4.78 is 0. The van der Waals surface area contributed by atoms with E-state index in [9.17, 15) is 5.11 Å². The summed E-state index contributed by atoms with van der Waals surface area (Å²) in [7, 11) is 1.79. The molecule has 2 aromatic rings. The SMILES string of the molecule is CNc1nc(N2CCC(CO)C2)c2[nH]cnc2n1. The van der Waals surface area contributed by atoms with Crippen LogP contribution in [0.3, 0.4) is 0 Å². The summed E-state index contributed by atoms with van der Waals surface area (Å²) in [4.78, 5) is 18.2. The van der Waals surface area contributed by atoms with Gasteiger partial charge in [0.1, 0.15) is 5.52 Å². The Morgan fingerprint density at radius 3 is 3.17 bits per heavy atom. The Labute approximate surface area is 104 Å². The van der Waals surface area contributed by atoms with Gasteiger partial charge in [-0.3, -0.25) is 0 Å². The fourth-order valence-electron chi connectivity index (χ4n) is 2.33. The van der Waals surface area contributed by atoms with E-state index in [0.29, 0.717) is 17.5 Å². The van der Waals surface area contributed by atoms with E-state index in [1.165, 1.54) is 0 Å². The summed E-state index contributed by atoms with van der Waals surface area (Å²) in [6.07, 6.45) is 2.62. The first-order chi connectivity index (χ1) is 8.81. The van der Waals surface area contributed by atoms with Crippen molar-refractivity contribution < 1.29 is 5.11 Å². The molecule has 7 nitrogen and oxygen atoms in total. The number of aromatic amines is 1. The first-order valence-corrected chi connectivity index (χ1v) is 6.06. The molecule has 3 N–H and O–H groups in total. The molecule has 1 aliphatic rings. The summed E-state index contributed by atoms with van der Waals surface area (Å²) in [5.74, 6) is 1.76. The highest BCUT2D eigenvalue weighted by Gasteiger charge is 2.25. The van der Waals surface area contributed by atoms with E-state index in [-0.39, 0.29) is 6.61 Å². The van der Waals surface area contributed by atoms with Gasteiger partial charge in [-0.2, -0.15) is 9.97 Å². The van der Waals surface area contributed by atoms with Crippen LogP contribution in [0.15, 0.2) is 6.33 Å². The molecule has 0 bridgehead atoms. The minimum atomic E-state index is 0.229. The molecule has 0 spiro atoms. The third-order valence-corrected chi connectivity index (χ3v) is 3.33. The van der Waals surface area contributed by atoms with Crippen LogP contribution in [0.4, 0.5) is 11.8 Å². The molecule has 0 radical (unpaired) electrons. The predicted octanol–water partition coefficient (Wildman–Crippen LogP) is 0.213. The van der Waals surface area contributed by atoms with Gasteiger partial charge in [0, 0.05) is 32.7 Å². The van der Waals surface area contributed by atoms with Crippen LogP contribution in [0.1, 0.15) is 6.42 Å². The molecule has 1 aliphatic heterocycles. The minimum absolute atomic E-state index is 0.229. The molecular weight excluding hydrogens is 232 g/mol. The lowest BCUT2D eigenvalue weighted by atomic mass is 10.1. The largest absolute Gasteiger partial charge is 0.396 e. The van der Waals surface area contributed by atoms with Crippen molar-refractivity contribution in [1.29, 1.82) is 0 Å². The van der Waals surface area contributed by atoms with Crippen molar-refractivity contribution in [3.8, 4) is 0 Å². The zero-order valence-corrected chi connectivity index (χ0v) is 10.2. The molecule has 0 aliphatic carbocycles. The lowest BCUT2D eigenvalue weighted by Crippen LogP contribution is -2.22. The van der Waals surface area contributed by atoms with Crippen LogP contribution >= 0.6 is 0 Å². The number of aliphatic hydroxyl groups excluding tert-OH is 1. The van der Waals surface area contributed by atoms with Crippen molar-refractivity contribution in [3.05, 3.63) is 6.33 Å².